The molecule has 1 atom stereocenters. The molecule has 0 aromatic heterocycles. The molecule has 0 spiro atoms. The number of hydrogen-bond donors (Lipinski definition) is 0. The quantitative estimate of drug-likeness (QED) is 0.758. The maximum Gasteiger partial charge on any atom is 0.133 e. The van der Waals surface area contributed by atoms with Crippen molar-refractivity contribution in [3.8, 4) is 5.75 Å². The highest BCUT2D eigenvalue weighted by molar-refractivity contribution is 5.75. The molecular formula is C14H20O2. The first-order chi connectivity index (χ1) is 7.49. The van der Waals surface area contributed by atoms with Crippen LogP contribution in [0.25, 0.3) is 0 Å². The van der Waals surface area contributed by atoms with Gasteiger partial charge in [-0.25, -0.2) is 0 Å². The van der Waals surface area contributed by atoms with E-state index in [0.29, 0.717) is 12.3 Å². The molecule has 0 bridgehead atoms. The van der Waals surface area contributed by atoms with Crippen molar-refractivity contribution in [3.63, 3.8) is 0 Å². The highest BCUT2D eigenvalue weighted by Crippen LogP contribution is 2.21. The first-order valence-electron chi connectivity index (χ1n) is 5.75. The molecule has 2 heteroatoms. The Bertz CT molecular complexity index is 356. The van der Waals surface area contributed by atoms with Crippen LogP contribution in [0, 0.1) is 0 Å². The van der Waals surface area contributed by atoms with Crippen LogP contribution < -0.4 is 4.74 Å². The third-order valence-corrected chi connectivity index (χ3v) is 2.44. The first-order valence-corrected chi connectivity index (χ1v) is 5.75. The molecule has 1 aromatic rings. The molecule has 2 nitrogen and oxygen atoms in total. The van der Waals surface area contributed by atoms with Crippen LogP contribution in [0.5, 0.6) is 5.75 Å². The van der Waals surface area contributed by atoms with Gasteiger partial charge in [-0.1, -0.05) is 26.0 Å². The normalized spacial score (nSPS) is 12.6. The Kier molecular flexibility index (Phi) is 4.53. The summed E-state index contributed by atoms with van der Waals surface area (Å²) < 4.78 is 5.70. The van der Waals surface area contributed by atoms with E-state index in [9.17, 15) is 4.79 Å². The second kappa shape index (κ2) is 5.69. The van der Waals surface area contributed by atoms with E-state index in [2.05, 4.69) is 19.9 Å². The minimum atomic E-state index is -0.0556. The largest absolute Gasteiger partial charge is 0.490 e. The average Bonchev–Trinajstić information content (AvgIpc) is 2.16. The molecular weight excluding hydrogens is 200 g/mol. The van der Waals surface area contributed by atoms with Gasteiger partial charge in [0.1, 0.15) is 17.6 Å². The van der Waals surface area contributed by atoms with Crippen LogP contribution in [0.15, 0.2) is 24.3 Å². The molecule has 0 saturated carbocycles. The van der Waals surface area contributed by atoms with Gasteiger partial charge in [0, 0.05) is 6.42 Å². The van der Waals surface area contributed by atoms with Crippen molar-refractivity contribution >= 4 is 5.78 Å². The monoisotopic (exact) mass is 220 g/mol. The molecule has 0 amide bonds. The van der Waals surface area contributed by atoms with Crippen molar-refractivity contribution in [2.75, 3.05) is 0 Å². The predicted octanol–water partition coefficient (Wildman–Crippen LogP) is 3.56. The Balaban J connectivity index is 2.66. The van der Waals surface area contributed by atoms with Gasteiger partial charge in [0.05, 0.1) is 0 Å². The van der Waals surface area contributed by atoms with Gasteiger partial charge in [-0.3, -0.25) is 4.79 Å². The number of ether oxygens (including phenoxy) is 1. The second-order valence-electron chi connectivity index (χ2n) is 4.56. The molecule has 0 aliphatic carbocycles. The summed E-state index contributed by atoms with van der Waals surface area (Å²) in [7, 11) is 0. The minimum absolute atomic E-state index is 0.0556. The highest BCUT2D eigenvalue weighted by atomic mass is 16.5. The third-order valence-electron chi connectivity index (χ3n) is 2.44. The lowest BCUT2D eigenvalue weighted by molar-refractivity contribution is -0.118. The van der Waals surface area contributed by atoms with E-state index in [4.69, 9.17) is 4.74 Å². The van der Waals surface area contributed by atoms with E-state index < -0.39 is 0 Å². The van der Waals surface area contributed by atoms with Crippen LogP contribution >= 0.6 is 0 Å². The Labute approximate surface area is 97.6 Å². The number of rotatable bonds is 5. The Morgan fingerprint density at radius 1 is 1.31 bits per heavy atom. The summed E-state index contributed by atoms with van der Waals surface area (Å²) >= 11 is 0. The van der Waals surface area contributed by atoms with Crippen molar-refractivity contribution in [1.82, 2.24) is 0 Å². The van der Waals surface area contributed by atoms with E-state index >= 15 is 0 Å². The minimum Gasteiger partial charge on any atom is -0.490 e. The van der Waals surface area contributed by atoms with E-state index in [-0.39, 0.29) is 11.9 Å². The van der Waals surface area contributed by atoms with Crippen molar-refractivity contribution in [1.29, 1.82) is 0 Å². The summed E-state index contributed by atoms with van der Waals surface area (Å²) in [6.45, 7) is 7.81. The maximum absolute atomic E-state index is 10.9. The zero-order valence-corrected chi connectivity index (χ0v) is 10.5. The van der Waals surface area contributed by atoms with Gasteiger partial charge < -0.3 is 4.74 Å². The Morgan fingerprint density at radius 2 is 2.00 bits per heavy atom. The topological polar surface area (TPSA) is 26.3 Å². The number of benzene rings is 1. The number of carbonyl (C=O) groups excluding carboxylic acids is 1. The lowest BCUT2D eigenvalue weighted by atomic mass is 10.0. The van der Waals surface area contributed by atoms with Gasteiger partial charge in [-0.05, 0) is 37.5 Å². The van der Waals surface area contributed by atoms with Gasteiger partial charge in [-0.15, -0.1) is 0 Å². The zero-order chi connectivity index (χ0) is 12.1. The molecule has 0 heterocycles. The van der Waals surface area contributed by atoms with E-state index in [1.54, 1.807) is 6.92 Å². The van der Waals surface area contributed by atoms with Crippen molar-refractivity contribution < 1.29 is 9.53 Å². The molecule has 1 aromatic carbocycles. The number of carbonyl (C=O) groups is 1. The molecule has 0 fully saturated rings. The van der Waals surface area contributed by atoms with Gasteiger partial charge in [0.25, 0.3) is 0 Å². The summed E-state index contributed by atoms with van der Waals surface area (Å²) in [4.78, 5) is 10.9. The van der Waals surface area contributed by atoms with Crippen LogP contribution in [0.1, 0.15) is 45.6 Å². The SMILES string of the molecule is CC(=O)CC(C)Oc1cccc(C(C)C)c1. The lowest BCUT2D eigenvalue weighted by Gasteiger charge is -2.14. The number of Topliss-reactive ketones (excluding diaryl/α,β-unsaturated/α-hetero) is 1. The molecule has 0 aliphatic rings. The van der Waals surface area contributed by atoms with Gasteiger partial charge >= 0.3 is 0 Å². The van der Waals surface area contributed by atoms with Gasteiger partial charge in [0.2, 0.25) is 0 Å². The summed E-state index contributed by atoms with van der Waals surface area (Å²) in [5.74, 6) is 1.50. The summed E-state index contributed by atoms with van der Waals surface area (Å²) in [6, 6.07) is 8.06. The van der Waals surface area contributed by atoms with E-state index in [1.165, 1.54) is 5.56 Å². The summed E-state index contributed by atoms with van der Waals surface area (Å²) in [6.07, 6.45) is 0.409. The van der Waals surface area contributed by atoms with Crippen molar-refractivity contribution in [3.05, 3.63) is 29.8 Å². The molecule has 1 unspecified atom stereocenters. The second-order valence-corrected chi connectivity index (χ2v) is 4.56. The standard InChI is InChI=1S/C14H20O2/c1-10(2)13-6-5-7-14(9-13)16-12(4)8-11(3)15/h5-7,9-10,12H,8H2,1-4H3. The molecule has 0 N–H and O–H groups in total. The maximum atomic E-state index is 10.9. The average molecular weight is 220 g/mol. The van der Waals surface area contributed by atoms with Crippen LogP contribution in [0.3, 0.4) is 0 Å². The highest BCUT2D eigenvalue weighted by Gasteiger charge is 2.08. The van der Waals surface area contributed by atoms with E-state index in [0.717, 1.165) is 5.75 Å². The molecule has 1 rings (SSSR count). The smallest absolute Gasteiger partial charge is 0.133 e. The van der Waals surface area contributed by atoms with Crippen molar-refractivity contribution in [2.45, 2.75) is 46.1 Å². The van der Waals surface area contributed by atoms with Gasteiger partial charge in [0.15, 0.2) is 0 Å². The number of hydrogen-bond acceptors (Lipinski definition) is 2. The van der Waals surface area contributed by atoms with Crippen LogP contribution in [-0.4, -0.2) is 11.9 Å². The van der Waals surface area contributed by atoms with Crippen molar-refractivity contribution in [2.24, 2.45) is 0 Å². The van der Waals surface area contributed by atoms with E-state index in [1.807, 2.05) is 25.1 Å². The number of ketones is 1. The Hall–Kier alpha value is -1.31. The molecule has 0 saturated heterocycles. The lowest BCUT2D eigenvalue weighted by Crippen LogP contribution is -2.15. The molecule has 0 radical (unpaired) electrons. The van der Waals surface area contributed by atoms with Crippen LogP contribution in [0.2, 0.25) is 0 Å². The molecule has 16 heavy (non-hydrogen) atoms. The third kappa shape index (κ3) is 4.05. The summed E-state index contributed by atoms with van der Waals surface area (Å²) in [5.41, 5.74) is 1.26. The zero-order valence-electron chi connectivity index (χ0n) is 10.5. The fraction of sp³-hybridized carbons (Fsp3) is 0.500. The Morgan fingerprint density at radius 3 is 2.56 bits per heavy atom. The fourth-order valence-electron chi connectivity index (χ4n) is 1.63. The summed E-state index contributed by atoms with van der Waals surface area (Å²) in [5, 5.41) is 0. The van der Waals surface area contributed by atoms with Crippen LogP contribution in [-0.2, 0) is 4.79 Å². The molecule has 88 valence electrons. The molecule has 0 aliphatic heterocycles. The van der Waals surface area contributed by atoms with Gasteiger partial charge in [-0.2, -0.15) is 0 Å². The fourth-order valence-corrected chi connectivity index (χ4v) is 1.63. The van der Waals surface area contributed by atoms with Crippen LogP contribution in [0.4, 0.5) is 0 Å². The predicted molar refractivity (Wildman–Crippen MR) is 65.9 cm³/mol. The first kappa shape index (κ1) is 12.8.